The minimum atomic E-state index is -1.27. The summed E-state index contributed by atoms with van der Waals surface area (Å²) in [7, 11) is 0. The maximum absolute atomic E-state index is 13.0. The Kier molecular flexibility index (Phi) is 4.31. The number of rotatable bonds is 5. The number of aromatic amines is 1. The SMILES string of the molecule is CC(O)(CNC(=O)Cc1c[nH]c2ncccc12)c1ccc(F)cc1. The first kappa shape index (κ1) is 16.1. The van der Waals surface area contributed by atoms with E-state index in [9.17, 15) is 14.3 Å². The van der Waals surface area contributed by atoms with Gasteiger partial charge in [0.15, 0.2) is 0 Å². The highest BCUT2D eigenvalue weighted by Gasteiger charge is 2.24. The zero-order valence-electron chi connectivity index (χ0n) is 13.2. The Morgan fingerprint density at radius 3 is 2.83 bits per heavy atom. The Hall–Kier alpha value is -2.73. The molecule has 2 heterocycles. The normalized spacial score (nSPS) is 13.6. The van der Waals surface area contributed by atoms with Crippen molar-refractivity contribution in [2.24, 2.45) is 0 Å². The van der Waals surface area contributed by atoms with E-state index in [1.807, 2.05) is 12.1 Å². The van der Waals surface area contributed by atoms with Crippen LogP contribution in [0.1, 0.15) is 18.1 Å². The summed E-state index contributed by atoms with van der Waals surface area (Å²) in [6.45, 7) is 1.62. The van der Waals surface area contributed by atoms with Gasteiger partial charge in [-0.15, -0.1) is 0 Å². The molecule has 0 bridgehead atoms. The van der Waals surface area contributed by atoms with Crippen LogP contribution in [-0.2, 0) is 16.8 Å². The number of halogens is 1. The van der Waals surface area contributed by atoms with E-state index in [2.05, 4.69) is 15.3 Å². The number of hydrogen-bond donors (Lipinski definition) is 3. The fourth-order valence-electron chi connectivity index (χ4n) is 2.58. The minimum Gasteiger partial charge on any atom is -0.384 e. The third-order valence-corrected chi connectivity index (χ3v) is 3.98. The van der Waals surface area contributed by atoms with Gasteiger partial charge in [-0.1, -0.05) is 12.1 Å². The van der Waals surface area contributed by atoms with Gasteiger partial charge in [0, 0.05) is 17.8 Å². The summed E-state index contributed by atoms with van der Waals surface area (Å²) in [5.41, 5.74) is 0.849. The Morgan fingerprint density at radius 1 is 1.33 bits per heavy atom. The van der Waals surface area contributed by atoms with Gasteiger partial charge in [-0.05, 0) is 42.3 Å². The van der Waals surface area contributed by atoms with Gasteiger partial charge in [0.25, 0.3) is 0 Å². The predicted molar refractivity (Wildman–Crippen MR) is 88.8 cm³/mol. The average molecular weight is 327 g/mol. The van der Waals surface area contributed by atoms with Crippen LogP contribution in [0.15, 0.2) is 48.8 Å². The summed E-state index contributed by atoms with van der Waals surface area (Å²) >= 11 is 0. The van der Waals surface area contributed by atoms with Crippen molar-refractivity contribution in [3.8, 4) is 0 Å². The van der Waals surface area contributed by atoms with Crippen LogP contribution in [0, 0.1) is 5.82 Å². The van der Waals surface area contributed by atoms with Crippen LogP contribution in [0.2, 0.25) is 0 Å². The maximum Gasteiger partial charge on any atom is 0.224 e. The number of carbonyl (C=O) groups excluding carboxylic acids is 1. The highest BCUT2D eigenvalue weighted by atomic mass is 19.1. The quantitative estimate of drug-likeness (QED) is 0.673. The van der Waals surface area contributed by atoms with Crippen LogP contribution in [-0.4, -0.2) is 27.5 Å². The Balaban J connectivity index is 1.63. The van der Waals surface area contributed by atoms with Gasteiger partial charge in [-0.25, -0.2) is 9.37 Å². The maximum atomic E-state index is 13.0. The summed E-state index contributed by atoms with van der Waals surface area (Å²) in [5, 5.41) is 14.1. The van der Waals surface area contributed by atoms with E-state index in [-0.39, 0.29) is 24.7 Å². The van der Waals surface area contributed by atoms with Crippen molar-refractivity contribution in [3.05, 3.63) is 65.7 Å². The van der Waals surface area contributed by atoms with Crippen LogP contribution in [0.5, 0.6) is 0 Å². The fourth-order valence-corrected chi connectivity index (χ4v) is 2.58. The molecule has 0 aliphatic rings. The molecule has 0 fully saturated rings. The van der Waals surface area contributed by atoms with E-state index in [1.165, 1.54) is 24.3 Å². The molecule has 0 aliphatic carbocycles. The van der Waals surface area contributed by atoms with Crippen molar-refractivity contribution in [3.63, 3.8) is 0 Å². The first-order valence-electron chi connectivity index (χ1n) is 7.62. The van der Waals surface area contributed by atoms with Crippen molar-refractivity contribution in [2.75, 3.05) is 6.54 Å². The number of amides is 1. The van der Waals surface area contributed by atoms with Crippen LogP contribution >= 0.6 is 0 Å². The van der Waals surface area contributed by atoms with Gasteiger partial charge >= 0.3 is 0 Å². The third kappa shape index (κ3) is 3.44. The van der Waals surface area contributed by atoms with Gasteiger partial charge < -0.3 is 15.4 Å². The van der Waals surface area contributed by atoms with E-state index in [1.54, 1.807) is 19.3 Å². The lowest BCUT2D eigenvalue weighted by Gasteiger charge is -2.24. The number of carbonyl (C=O) groups is 1. The number of nitrogens with one attached hydrogen (secondary N) is 2. The first-order chi connectivity index (χ1) is 11.5. The lowest BCUT2D eigenvalue weighted by molar-refractivity contribution is -0.121. The second-order valence-electron chi connectivity index (χ2n) is 5.95. The molecule has 0 radical (unpaired) electrons. The number of aromatic nitrogens is 2. The van der Waals surface area contributed by atoms with E-state index in [0.29, 0.717) is 5.56 Å². The van der Waals surface area contributed by atoms with Crippen molar-refractivity contribution < 1.29 is 14.3 Å². The van der Waals surface area contributed by atoms with Crippen LogP contribution in [0.25, 0.3) is 11.0 Å². The highest BCUT2D eigenvalue weighted by Crippen LogP contribution is 2.20. The second kappa shape index (κ2) is 6.41. The van der Waals surface area contributed by atoms with Crippen LogP contribution in [0.4, 0.5) is 4.39 Å². The Morgan fingerprint density at radius 2 is 2.08 bits per heavy atom. The summed E-state index contributed by atoms with van der Waals surface area (Å²) in [6, 6.07) is 9.29. The molecule has 0 aliphatic heterocycles. The summed E-state index contributed by atoms with van der Waals surface area (Å²) in [5.74, 6) is -0.575. The van der Waals surface area contributed by atoms with E-state index in [0.717, 1.165) is 16.6 Å². The van der Waals surface area contributed by atoms with Gasteiger partial charge in [0.2, 0.25) is 5.91 Å². The molecule has 2 aromatic heterocycles. The Bertz CT molecular complexity index is 856. The zero-order valence-corrected chi connectivity index (χ0v) is 13.2. The largest absolute Gasteiger partial charge is 0.384 e. The number of hydrogen-bond acceptors (Lipinski definition) is 3. The van der Waals surface area contributed by atoms with Crippen LogP contribution < -0.4 is 5.32 Å². The van der Waals surface area contributed by atoms with Crippen LogP contribution in [0.3, 0.4) is 0 Å². The standard InChI is InChI=1S/C18H18FN3O2/c1-18(24,13-4-6-14(19)7-5-13)11-22-16(23)9-12-10-21-17-15(12)3-2-8-20-17/h2-8,10,24H,9,11H2,1H3,(H,20,21)(H,22,23). The monoisotopic (exact) mass is 327 g/mol. The predicted octanol–water partition coefficient (Wildman–Crippen LogP) is 2.27. The lowest BCUT2D eigenvalue weighted by Crippen LogP contribution is -2.39. The highest BCUT2D eigenvalue weighted by molar-refractivity contribution is 5.87. The molecule has 6 heteroatoms. The summed E-state index contributed by atoms with van der Waals surface area (Å²) in [6.07, 6.45) is 3.63. The molecule has 3 aromatic rings. The summed E-state index contributed by atoms with van der Waals surface area (Å²) < 4.78 is 13.0. The molecule has 5 nitrogen and oxygen atoms in total. The molecule has 1 unspecified atom stereocenters. The fraction of sp³-hybridized carbons (Fsp3) is 0.222. The van der Waals surface area contributed by atoms with Crippen molar-refractivity contribution >= 4 is 16.9 Å². The zero-order chi connectivity index (χ0) is 17.2. The Labute approximate surface area is 138 Å². The summed E-state index contributed by atoms with van der Waals surface area (Å²) in [4.78, 5) is 19.4. The van der Waals surface area contributed by atoms with Gasteiger partial charge in [-0.3, -0.25) is 4.79 Å². The van der Waals surface area contributed by atoms with Crippen molar-refractivity contribution in [1.82, 2.24) is 15.3 Å². The molecule has 124 valence electrons. The minimum absolute atomic E-state index is 0.0398. The first-order valence-corrected chi connectivity index (χ1v) is 7.62. The van der Waals surface area contributed by atoms with E-state index in [4.69, 9.17) is 0 Å². The molecule has 0 spiro atoms. The third-order valence-electron chi connectivity index (χ3n) is 3.98. The molecule has 3 rings (SSSR count). The van der Waals surface area contributed by atoms with Crippen molar-refractivity contribution in [1.29, 1.82) is 0 Å². The molecule has 1 aromatic carbocycles. The molecule has 1 amide bonds. The van der Waals surface area contributed by atoms with E-state index < -0.39 is 5.60 Å². The number of H-pyrrole nitrogens is 1. The smallest absolute Gasteiger partial charge is 0.224 e. The lowest BCUT2D eigenvalue weighted by atomic mass is 9.96. The molecule has 3 N–H and O–H groups in total. The van der Waals surface area contributed by atoms with Crippen molar-refractivity contribution in [2.45, 2.75) is 18.9 Å². The number of benzene rings is 1. The molecular formula is C18H18FN3O2. The number of fused-ring (bicyclic) bond motifs is 1. The molecule has 0 saturated heterocycles. The second-order valence-corrected chi connectivity index (χ2v) is 5.95. The van der Waals surface area contributed by atoms with Gasteiger partial charge in [0.05, 0.1) is 13.0 Å². The number of pyridine rings is 1. The van der Waals surface area contributed by atoms with Gasteiger partial charge in [-0.2, -0.15) is 0 Å². The van der Waals surface area contributed by atoms with Gasteiger partial charge in [0.1, 0.15) is 17.1 Å². The topological polar surface area (TPSA) is 78.0 Å². The number of nitrogens with zero attached hydrogens (tertiary/aromatic N) is 1. The van der Waals surface area contributed by atoms with E-state index >= 15 is 0 Å². The number of aliphatic hydroxyl groups is 1. The molecule has 24 heavy (non-hydrogen) atoms. The average Bonchev–Trinajstić information content (AvgIpc) is 2.97. The molecule has 0 saturated carbocycles. The molecular weight excluding hydrogens is 309 g/mol. The molecule has 1 atom stereocenters.